The molecule has 0 atom stereocenters. The molecule has 2 heterocycles. The van der Waals surface area contributed by atoms with Gasteiger partial charge in [0.2, 0.25) is 0 Å². The average Bonchev–Trinajstić information content (AvgIpc) is 3.21. The summed E-state index contributed by atoms with van der Waals surface area (Å²) in [5.74, 6) is 0.914. The van der Waals surface area contributed by atoms with E-state index in [2.05, 4.69) is 29.8 Å². The van der Waals surface area contributed by atoms with Crippen LogP contribution in [0, 0.1) is 0 Å². The third-order valence-electron chi connectivity index (χ3n) is 5.44. The number of para-hydroxylation sites is 1. The molecule has 0 saturated carbocycles. The Morgan fingerprint density at radius 2 is 1.89 bits per heavy atom. The highest BCUT2D eigenvalue weighted by atomic mass is 16.5. The van der Waals surface area contributed by atoms with Crippen molar-refractivity contribution in [1.82, 2.24) is 15.1 Å². The Morgan fingerprint density at radius 1 is 1.19 bits per heavy atom. The molecule has 0 bridgehead atoms. The highest BCUT2D eigenvalue weighted by molar-refractivity contribution is 5.78. The van der Waals surface area contributed by atoms with Crippen LogP contribution in [0.25, 0.3) is 0 Å². The summed E-state index contributed by atoms with van der Waals surface area (Å²) in [6.45, 7) is 12.0. The highest BCUT2D eigenvalue weighted by Gasteiger charge is 2.20. The largest absolute Gasteiger partial charge is 0.483 e. The molecule has 0 aliphatic carbocycles. The van der Waals surface area contributed by atoms with Crippen LogP contribution in [0.2, 0.25) is 0 Å². The molecule has 0 spiro atoms. The molecule has 2 saturated heterocycles. The summed E-state index contributed by atoms with van der Waals surface area (Å²) in [7, 11) is 0. The van der Waals surface area contributed by atoms with Gasteiger partial charge in [0.25, 0.3) is 5.91 Å². The van der Waals surface area contributed by atoms with Gasteiger partial charge in [0.05, 0.1) is 0 Å². The molecule has 3 rings (SSSR count). The van der Waals surface area contributed by atoms with Crippen molar-refractivity contribution in [1.29, 1.82) is 0 Å². The molecule has 1 aromatic rings. The molecule has 5 heteroatoms. The zero-order chi connectivity index (χ0) is 19.1. The van der Waals surface area contributed by atoms with Crippen LogP contribution in [0.5, 0.6) is 5.75 Å². The number of carbonyl (C=O) groups excluding carboxylic acids is 1. The average molecular weight is 372 g/mol. The molecule has 0 radical (unpaired) electrons. The Kier molecular flexibility index (Phi) is 7.30. The molecule has 0 unspecified atom stereocenters. The first kappa shape index (κ1) is 19.9. The zero-order valence-electron chi connectivity index (χ0n) is 16.6. The molecular formula is C22H33N3O2. The van der Waals surface area contributed by atoms with E-state index in [1.165, 1.54) is 5.57 Å². The van der Waals surface area contributed by atoms with Crippen molar-refractivity contribution < 1.29 is 9.53 Å². The first-order valence-electron chi connectivity index (χ1n) is 10.2. The molecule has 1 aromatic carbocycles. The fourth-order valence-electron chi connectivity index (χ4n) is 3.92. The maximum atomic E-state index is 12.2. The van der Waals surface area contributed by atoms with Gasteiger partial charge in [0.1, 0.15) is 5.75 Å². The van der Waals surface area contributed by atoms with Crippen LogP contribution in [0.3, 0.4) is 0 Å². The van der Waals surface area contributed by atoms with Crippen molar-refractivity contribution in [2.75, 3.05) is 39.3 Å². The quantitative estimate of drug-likeness (QED) is 0.714. The fourth-order valence-corrected chi connectivity index (χ4v) is 3.92. The van der Waals surface area contributed by atoms with Gasteiger partial charge >= 0.3 is 0 Å². The molecular weight excluding hydrogens is 338 g/mol. The van der Waals surface area contributed by atoms with E-state index in [9.17, 15) is 4.79 Å². The summed E-state index contributed by atoms with van der Waals surface area (Å²) < 4.78 is 5.86. The van der Waals surface area contributed by atoms with Crippen LogP contribution in [-0.2, 0) is 11.3 Å². The number of hydrogen-bond acceptors (Lipinski definition) is 4. The molecule has 148 valence electrons. The topological polar surface area (TPSA) is 44.8 Å². The summed E-state index contributed by atoms with van der Waals surface area (Å²) in [6, 6.07) is 8.57. The minimum atomic E-state index is 0.0974. The first-order chi connectivity index (χ1) is 13.1. The van der Waals surface area contributed by atoms with Crippen molar-refractivity contribution in [3.05, 3.63) is 42.0 Å². The molecule has 2 aliphatic rings. The predicted molar refractivity (Wildman–Crippen MR) is 109 cm³/mol. The standard InChI is InChI=1S/C22H33N3O2/c1-18(2)16-24-13-9-20(10-14-24)23-15-19-7-3-4-8-21(19)27-17-22(26)25-11-5-6-12-25/h3-4,7-8,20,23H,1,5-6,9-17H2,2H3. The minimum absolute atomic E-state index is 0.0974. The molecule has 0 aromatic heterocycles. The van der Waals surface area contributed by atoms with Crippen molar-refractivity contribution in [2.45, 2.75) is 45.2 Å². The lowest BCUT2D eigenvalue weighted by Crippen LogP contribution is -2.42. The Morgan fingerprint density at radius 3 is 2.59 bits per heavy atom. The second-order valence-corrected chi connectivity index (χ2v) is 7.87. The third-order valence-corrected chi connectivity index (χ3v) is 5.44. The van der Waals surface area contributed by atoms with Crippen LogP contribution in [0.1, 0.15) is 38.2 Å². The van der Waals surface area contributed by atoms with E-state index in [0.29, 0.717) is 6.04 Å². The number of nitrogens with zero attached hydrogens (tertiary/aromatic N) is 2. The number of carbonyl (C=O) groups is 1. The van der Waals surface area contributed by atoms with Gasteiger partial charge in [-0.2, -0.15) is 0 Å². The first-order valence-corrected chi connectivity index (χ1v) is 10.2. The van der Waals surface area contributed by atoms with E-state index in [1.54, 1.807) is 0 Å². The summed E-state index contributed by atoms with van der Waals surface area (Å²) in [4.78, 5) is 16.6. The van der Waals surface area contributed by atoms with Gasteiger partial charge in [-0.15, -0.1) is 0 Å². The van der Waals surface area contributed by atoms with E-state index in [-0.39, 0.29) is 12.5 Å². The van der Waals surface area contributed by atoms with Gasteiger partial charge in [-0.25, -0.2) is 0 Å². The van der Waals surface area contributed by atoms with E-state index >= 15 is 0 Å². The van der Waals surface area contributed by atoms with E-state index in [0.717, 1.165) is 76.3 Å². The predicted octanol–water partition coefficient (Wildman–Crippen LogP) is 2.82. The number of piperidine rings is 1. The zero-order valence-corrected chi connectivity index (χ0v) is 16.6. The summed E-state index contributed by atoms with van der Waals surface area (Å²) in [6.07, 6.45) is 4.53. The van der Waals surface area contributed by atoms with Gasteiger partial charge in [-0.05, 0) is 51.8 Å². The Bertz CT molecular complexity index is 632. The van der Waals surface area contributed by atoms with Crippen molar-refractivity contribution in [2.24, 2.45) is 0 Å². The third kappa shape index (κ3) is 6.08. The van der Waals surface area contributed by atoms with Crippen LogP contribution in [0.4, 0.5) is 0 Å². The van der Waals surface area contributed by atoms with E-state index < -0.39 is 0 Å². The van der Waals surface area contributed by atoms with Gasteiger partial charge in [-0.1, -0.05) is 30.4 Å². The van der Waals surface area contributed by atoms with E-state index in [1.807, 2.05) is 23.1 Å². The Balaban J connectivity index is 1.45. The van der Waals surface area contributed by atoms with Crippen LogP contribution in [-0.4, -0.2) is 61.1 Å². The maximum absolute atomic E-state index is 12.2. The van der Waals surface area contributed by atoms with Gasteiger partial charge in [0, 0.05) is 37.8 Å². The highest BCUT2D eigenvalue weighted by Crippen LogP contribution is 2.20. The number of likely N-dealkylation sites (tertiary alicyclic amines) is 2. The number of hydrogen-bond donors (Lipinski definition) is 1. The molecule has 2 aliphatic heterocycles. The van der Waals surface area contributed by atoms with Crippen molar-refractivity contribution in [3.8, 4) is 5.75 Å². The van der Waals surface area contributed by atoms with Crippen LogP contribution < -0.4 is 10.1 Å². The van der Waals surface area contributed by atoms with Crippen molar-refractivity contribution in [3.63, 3.8) is 0 Å². The van der Waals surface area contributed by atoms with Crippen LogP contribution >= 0.6 is 0 Å². The smallest absolute Gasteiger partial charge is 0.260 e. The summed E-state index contributed by atoms with van der Waals surface area (Å²) in [5.41, 5.74) is 2.35. The molecule has 27 heavy (non-hydrogen) atoms. The molecule has 1 amide bonds. The monoisotopic (exact) mass is 371 g/mol. The van der Waals surface area contributed by atoms with Gasteiger partial charge in [0.15, 0.2) is 6.61 Å². The number of nitrogens with one attached hydrogen (secondary N) is 1. The number of ether oxygens (including phenoxy) is 1. The second-order valence-electron chi connectivity index (χ2n) is 7.87. The molecule has 2 fully saturated rings. The second kappa shape index (κ2) is 9.90. The Hall–Kier alpha value is -1.85. The number of amides is 1. The lowest BCUT2D eigenvalue weighted by Gasteiger charge is -2.32. The summed E-state index contributed by atoms with van der Waals surface area (Å²) in [5, 5.41) is 3.67. The lowest BCUT2D eigenvalue weighted by atomic mass is 10.0. The van der Waals surface area contributed by atoms with Crippen LogP contribution in [0.15, 0.2) is 36.4 Å². The van der Waals surface area contributed by atoms with Gasteiger partial charge < -0.3 is 15.0 Å². The fraction of sp³-hybridized carbons (Fsp3) is 0.591. The van der Waals surface area contributed by atoms with Crippen molar-refractivity contribution >= 4 is 5.91 Å². The van der Waals surface area contributed by atoms with Gasteiger partial charge in [-0.3, -0.25) is 9.69 Å². The normalized spacial score (nSPS) is 18.6. The number of benzene rings is 1. The summed E-state index contributed by atoms with van der Waals surface area (Å²) >= 11 is 0. The maximum Gasteiger partial charge on any atom is 0.260 e. The molecule has 1 N–H and O–H groups in total. The molecule has 5 nitrogen and oxygen atoms in total. The van der Waals surface area contributed by atoms with E-state index in [4.69, 9.17) is 4.74 Å². The Labute approximate surface area is 163 Å². The minimum Gasteiger partial charge on any atom is -0.483 e. The SMILES string of the molecule is C=C(C)CN1CCC(NCc2ccccc2OCC(=O)N2CCCC2)CC1. The number of rotatable bonds is 8. The lowest BCUT2D eigenvalue weighted by molar-refractivity contribution is -0.132.